The highest BCUT2D eigenvalue weighted by Crippen LogP contribution is 2.14. The third kappa shape index (κ3) is 5.47. The van der Waals surface area contributed by atoms with Crippen molar-refractivity contribution in [1.82, 2.24) is 25.3 Å². The third-order valence-corrected chi connectivity index (χ3v) is 4.32. The molecule has 0 unspecified atom stereocenters. The van der Waals surface area contributed by atoms with Gasteiger partial charge in [0.05, 0.1) is 6.20 Å². The molecule has 2 aromatic heterocycles. The summed E-state index contributed by atoms with van der Waals surface area (Å²) in [5, 5.41) is 10.8. The highest BCUT2D eigenvalue weighted by atomic mass is 16.2. The van der Waals surface area contributed by atoms with Crippen molar-refractivity contribution >= 4 is 17.8 Å². The number of aryl methyl sites for hydroxylation is 1. The van der Waals surface area contributed by atoms with E-state index in [9.17, 15) is 4.79 Å². The standard InChI is InChI=1S/C20H25N7O/c21-17(12-16-9-10-23-19(16)22)8-4-5-11-27-14-18(25-26-27)20(28)24-13-15-6-2-1-3-7-15/h1-3,6-7,9-10,12,14,23H,4-5,8,11,13,21-22H2,(H,24,28)/b17-12-. The molecule has 8 nitrogen and oxygen atoms in total. The molecule has 0 fully saturated rings. The lowest BCUT2D eigenvalue weighted by Crippen LogP contribution is -2.23. The van der Waals surface area contributed by atoms with E-state index >= 15 is 0 Å². The van der Waals surface area contributed by atoms with Gasteiger partial charge < -0.3 is 21.8 Å². The number of hydrogen-bond acceptors (Lipinski definition) is 5. The van der Waals surface area contributed by atoms with Crippen molar-refractivity contribution < 1.29 is 4.79 Å². The van der Waals surface area contributed by atoms with Gasteiger partial charge in [-0.1, -0.05) is 35.5 Å². The van der Waals surface area contributed by atoms with Crippen molar-refractivity contribution in [2.75, 3.05) is 5.73 Å². The molecule has 0 radical (unpaired) electrons. The number of anilines is 1. The Balaban J connectivity index is 1.40. The molecule has 8 heteroatoms. The first-order valence-electron chi connectivity index (χ1n) is 9.23. The molecule has 0 aliphatic rings. The van der Waals surface area contributed by atoms with Crippen LogP contribution >= 0.6 is 0 Å². The summed E-state index contributed by atoms with van der Waals surface area (Å²) < 4.78 is 1.68. The van der Waals surface area contributed by atoms with E-state index in [1.807, 2.05) is 42.5 Å². The largest absolute Gasteiger partial charge is 0.402 e. The first-order chi connectivity index (χ1) is 13.6. The number of carbonyl (C=O) groups excluding carboxylic acids is 1. The zero-order valence-corrected chi connectivity index (χ0v) is 15.6. The van der Waals surface area contributed by atoms with Crippen molar-refractivity contribution in [3.8, 4) is 0 Å². The number of H-pyrrole nitrogens is 1. The number of nitrogen functional groups attached to an aromatic ring is 1. The summed E-state index contributed by atoms with van der Waals surface area (Å²) in [6, 6.07) is 11.6. The van der Waals surface area contributed by atoms with Crippen LogP contribution in [-0.2, 0) is 13.1 Å². The van der Waals surface area contributed by atoms with Crippen molar-refractivity contribution in [3.63, 3.8) is 0 Å². The number of carbonyl (C=O) groups is 1. The number of nitrogens with two attached hydrogens (primary N) is 2. The fourth-order valence-electron chi connectivity index (χ4n) is 2.78. The summed E-state index contributed by atoms with van der Waals surface area (Å²) in [4.78, 5) is 15.1. The second-order valence-corrected chi connectivity index (χ2v) is 6.56. The summed E-state index contributed by atoms with van der Waals surface area (Å²) in [7, 11) is 0. The maximum Gasteiger partial charge on any atom is 0.273 e. The highest BCUT2D eigenvalue weighted by molar-refractivity contribution is 5.91. The van der Waals surface area contributed by atoms with E-state index < -0.39 is 0 Å². The van der Waals surface area contributed by atoms with Gasteiger partial charge in [-0.05, 0) is 37.0 Å². The van der Waals surface area contributed by atoms with Crippen molar-refractivity contribution in [2.45, 2.75) is 32.4 Å². The van der Waals surface area contributed by atoms with E-state index in [-0.39, 0.29) is 5.91 Å². The van der Waals surface area contributed by atoms with Crippen LogP contribution in [0.3, 0.4) is 0 Å². The lowest BCUT2D eigenvalue weighted by atomic mass is 10.1. The van der Waals surface area contributed by atoms with Crippen molar-refractivity contribution in [2.24, 2.45) is 5.73 Å². The van der Waals surface area contributed by atoms with Gasteiger partial charge in [0.1, 0.15) is 5.82 Å². The van der Waals surface area contributed by atoms with E-state index in [4.69, 9.17) is 11.5 Å². The van der Waals surface area contributed by atoms with Gasteiger partial charge in [-0.15, -0.1) is 5.10 Å². The number of allylic oxidation sites excluding steroid dienone is 1. The van der Waals surface area contributed by atoms with Gasteiger partial charge in [0.15, 0.2) is 5.69 Å². The van der Waals surface area contributed by atoms with Crippen molar-refractivity contribution in [3.05, 3.63) is 71.3 Å². The van der Waals surface area contributed by atoms with Gasteiger partial charge >= 0.3 is 0 Å². The minimum absolute atomic E-state index is 0.230. The molecule has 3 aromatic rings. The van der Waals surface area contributed by atoms with E-state index in [0.29, 0.717) is 24.6 Å². The van der Waals surface area contributed by atoms with Gasteiger partial charge in [0.2, 0.25) is 0 Å². The molecule has 0 saturated heterocycles. The fraction of sp³-hybridized carbons (Fsp3) is 0.250. The smallest absolute Gasteiger partial charge is 0.273 e. The van der Waals surface area contributed by atoms with Crippen LogP contribution < -0.4 is 16.8 Å². The molecule has 1 aromatic carbocycles. The van der Waals surface area contributed by atoms with Crippen LogP contribution in [0.2, 0.25) is 0 Å². The molecular weight excluding hydrogens is 354 g/mol. The molecule has 0 bridgehead atoms. The third-order valence-electron chi connectivity index (χ3n) is 4.32. The Bertz CT molecular complexity index is 927. The van der Waals surface area contributed by atoms with Gasteiger partial charge in [-0.25, -0.2) is 0 Å². The number of rotatable bonds is 9. The van der Waals surface area contributed by atoms with E-state index in [1.165, 1.54) is 0 Å². The highest BCUT2D eigenvalue weighted by Gasteiger charge is 2.10. The Labute approximate surface area is 163 Å². The summed E-state index contributed by atoms with van der Waals surface area (Å²) >= 11 is 0. The first kappa shape index (κ1) is 19.2. The molecule has 6 N–H and O–H groups in total. The minimum Gasteiger partial charge on any atom is -0.402 e. The molecule has 0 spiro atoms. The SMILES string of the molecule is N/C(=C\c1cc[nH]c1N)CCCCn1cc(C(=O)NCc2ccccc2)nn1. The van der Waals surface area contributed by atoms with Crippen LogP contribution in [0, 0.1) is 0 Å². The summed E-state index contributed by atoms with van der Waals surface area (Å²) in [5.41, 5.74) is 14.9. The minimum atomic E-state index is -0.230. The zero-order valence-electron chi connectivity index (χ0n) is 15.6. The van der Waals surface area contributed by atoms with E-state index in [1.54, 1.807) is 17.1 Å². The van der Waals surface area contributed by atoms with Crippen LogP contribution in [-0.4, -0.2) is 25.9 Å². The fourth-order valence-corrected chi connectivity index (χ4v) is 2.78. The van der Waals surface area contributed by atoms with Crippen LogP contribution in [0.15, 0.2) is 54.5 Å². The van der Waals surface area contributed by atoms with E-state index in [0.717, 1.165) is 36.1 Å². The number of unbranched alkanes of at least 4 members (excludes halogenated alkanes) is 1. The Morgan fingerprint density at radius 2 is 2.04 bits per heavy atom. The molecule has 0 aliphatic carbocycles. The molecule has 2 heterocycles. The molecule has 0 saturated carbocycles. The number of hydrogen-bond donors (Lipinski definition) is 4. The topological polar surface area (TPSA) is 128 Å². The number of benzene rings is 1. The van der Waals surface area contributed by atoms with E-state index in [2.05, 4.69) is 20.6 Å². The first-order valence-corrected chi connectivity index (χ1v) is 9.23. The normalized spacial score (nSPS) is 11.5. The lowest BCUT2D eigenvalue weighted by molar-refractivity contribution is 0.0946. The van der Waals surface area contributed by atoms with Gasteiger partial charge in [-0.3, -0.25) is 9.48 Å². The Kier molecular flexibility index (Phi) is 6.46. The number of amides is 1. The summed E-state index contributed by atoms with van der Waals surface area (Å²) in [5.74, 6) is 0.384. The second-order valence-electron chi connectivity index (χ2n) is 6.56. The quantitative estimate of drug-likeness (QED) is 0.424. The van der Waals surface area contributed by atoms with Gasteiger partial charge in [0, 0.05) is 30.5 Å². The molecule has 28 heavy (non-hydrogen) atoms. The summed E-state index contributed by atoms with van der Waals surface area (Å²) in [6.45, 7) is 1.14. The van der Waals surface area contributed by atoms with Crippen molar-refractivity contribution in [1.29, 1.82) is 0 Å². The molecule has 0 aliphatic heterocycles. The molecule has 146 valence electrons. The molecule has 1 amide bonds. The Morgan fingerprint density at radius 1 is 1.21 bits per heavy atom. The van der Waals surface area contributed by atoms with Crippen LogP contribution in [0.4, 0.5) is 5.82 Å². The molecular formula is C20H25N7O. The molecule has 3 rings (SSSR count). The Morgan fingerprint density at radius 3 is 2.79 bits per heavy atom. The average Bonchev–Trinajstić information content (AvgIpc) is 3.34. The second kappa shape index (κ2) is 9.40. The predicted octanol–water partition coefficient (Wildman–Crippen LogP) is 2.29. The molecule has 0 atom stereocenters. The lowest BCUT2D eigenvalue weighted by Gasteiger charge is -2.03. The average molecular weight is 379 g/mol. The summed E-state index contributed by atoms with van der Waals surface area (Å²) in [6.07, 6.45) is 7.89. The van der Waals surface area contributed by atoms with Gasteiger partial charge in [-0.2, -0.15) is 0 Å². The van der Waals surface area contributed by atoms with Crippen LogP contribution in [0.1, 0.15) is 40.9 Å². The van der Waals surface area contributed by atoms with Crippen LogP contribution in [0.25, 0.3) is 6.08 Å². The maximum atomic E-state index is 12.2. The Hall–Kier alpha value is -3.55. The number of aromatic amines is 1. The number of aromatic nitrogens is 4. The number of nitrogens with zero attached hydrogens (tertiary/aromatic N) is 3. The zero-order chi connectivity index (χ0) is 19.8. The monoisotopic (exact) mass is 379 g/mol. The predicted molar refractivity (Wildman–Crippen MR) is 109 cm³/mol. The van der Waals surface area contributed by atoms with Gasteiger partial charge in [0.25, 0.3) is 5.91 Å². The van der Waals surface area contributed by atoms with Crippen LogP contribution in [0.5, 0.6) is 0 Å². The maximum absolute atomic E-state index is 12.2. The number of nitrogens with one attached hydrogen (secondary N) is 2.